The zero-order valence-electron chi connectivity index (χ0n) is 10.3. The first-order valence-corrected chi connectivity index (χ1v) is 7.64. The van der Waals surface area contributed by atoms with Gasteiger partial charge in [0.1, 0.15) is 5.76 Å². The maximum Gasteiger partial charge on any atom is 0.534 e. The first kappa shape index (κ1) is 14.6. The highest BCUT2D eigenvalue weighted by Crippen LogP contribution is 2.31. The van der Waals surface area contributed by atoms with Crippen molar-refractivity contribution in [2.75, 3.05) is 13.1 Å². The third-order valence-corrected chi connectivity index (χ3v) is 4.50. The summed E-state index contributed by atoms with van der Waals surface area (Å²) in [5.41, 5.74) is -5.36. The Balaban J connectivity index is 1.94. The molecule has 1 atom stereocenters. The molecule has 0 bridgehead atoms. The molecule has 1 fully saturated rings. The molecular weight excluding hydrogens is 283 g/mol. The Morgan fingerprint density at radius 3 is 2.37 bits per heavy atom. The zero-order valence-corrected chi connectivity index (χ0v) is 11.1. The van der Waals surface area contributed by atoms with Gasteiger partial charge in [0.2, 0.25) is 0 Å². The van der Waals surface area contributed by atoms with Gasteiger partial charge in [0, 0.05) is 12.5 Å². The molecule has 1 heterocycles. The van der Waals surface area contributed by atoms with E-state index >= 15 is 0 Å². The second kappa shape index (κ2) is 5.32. The Bertz CT molecular complexity index is 452. The van der Waals surface area contributed by atoms with Crippen LogP contribution in [0.4, 0.5) is 13.2 Å². The number of rotatable bonds is 3. The minimum absolute atomic E-state index is 0.0900. The van der Waals surface area contributed by atoms with E-state index in [1.807, 2.05) is 0 Å². The van der Waals surface area contributed by atoms with E-state index in [-0.39, 0.29) is 12.2 Å². The molecular formula is C11H16F3NO3S. The molecule has 19 heavy (non-hydrogen) atoms. The SMILES string of the molecule is O=S(=O)(OC1=CCC(N2CCCC2)CC1)C(F)(F)F. The molecule has 0 N–H and O–H groups in total. The molecule has 0 aromatic carbocycles. The van der Waals surface area contributed by atoms with E-state index in [1.165, 1.54) is 6.08 Å². The Morgan fingerprint density at radius 1 is 1.26 bits per heavy atom. The number of likely N-dealkylation sites (tertiary alicyclic amines) is 1. The van der Waals surface area contributed by atoms with E-state index in [2.05, 4.69) is 9.08 Å². The maximum absolute atomic E-state index is 12.2. The lowest BCUT2D eigenvalue weighted by Gasteiger charge is -2.29. The van der Waals surface area contributed by atoms with Gasteiger partial charge in [-0.25, -0.2) is 0 Å². The molecule has 2 aliphatic rings. The Morgan fingerprint density at radius 2 is 1.89 bits per heavy atom. The van der Waals surface area contributed by atoms with Crippen molar-refractivity contribution in [1.82, 2.24) is 4.90 Å². The zero-order chi connectivity index (χ0) is 14.1. The molecule has 1 aliphatic carbocycles. The highest BCUT2D eigenvalue weighted by molar-refractivity contribution is 7.87. The molecule has 0 aromatic rings. The van der Waals surface area contributed by atoms with Gasteiger partial charge in [0.05, 0.1) is 0 Å². The molecule has 4 nitrogen and oxygen atoms in total. The monoisotopic (exact) mass is 299 g/mol. The van der Waals surface area contributed by atoms with E-state index in [0.29, 0.717) is 18.9 Å². The van der Waals surface area contributed by atoms with Crippen molar-refractivity contribution in [1.29, 1.82) is 0 Å². The fourth-order valence-electron chi connectivity index (χ4n) is 2.50. The van der Waals surface area contributed by atoms with Gasteiger partial charge in [-0.3, -0.25) is 0 Å². The number of nitrogens with zero attached hydrogens (tertiary/aromatic N) is 1. The van der Waals surface area contributed by atoms with Crippen LogP contribution in [-0.4, -0.2) is 38.0 Å². The molecule has 110 valence electrons. The summed E-state index contributed by atoms with van der Waals surface area (Å²) >= 11 is 0. The first-order valence-electron chi connectivity index (χ1n) is 6.23. The standard InChI is InChI=1S/C11H16F3NO3S/c12-11(13,14)19(16,17)18-10-5-3-9(4-6-10)15-7-1-2-8-15/h5,9H,1-4,6-8H2. The lowest BCUT2D eigenvalue weighted by Crippen LogP contribution is -2.34. The van der Waals surface area contributed by atoms with Crippen molar-refractivity contribution in [2.45, 2.75) is 43.7 Å². The number of alkyl halides is 3. The summed E-state index contributed by atoms with van der Waals surface area (Å²) in [7, 11) is -5.52. The van der Waals surface area contributed by atoms with Crippen LogP contribution in [-0.2, 0) is 14.3 Å². The molecule has 0 amide bonds. The van der Waals surface area contributed by atoms with E-state index in [0.717, 1.165) is 25.9 Å². The summed E-state index contributed by atoms with van der Waals surface area (Å²) in [6.07, 6.45) is 5.17. The highest BCUT2D eigenvalue weighted by atomic mass is 32.2. The number of allylic oxidation sites excluding steroid dienone is 1. The van der Waals surface area contributed by atoms with Crippen molar-refractivity contribution < 1.29 is 25.8 Å². The fraction of sp³-hybridized carbons (Fsp3) is 0.818. The summed E-state index contributed by atoms with van der Waals surface area (Å²) in [5, 5.41) is 0. The number of hydrogen-bond donors (Lipinski definition) is 0. The van der Waals surface area contributed by atoms with Crippen LogP contribution in [0.3, 0.4) is 0 Å². The third kappa shape index (κ3) is 3.42. The van der Waals surface area contributed by atoms with Crippen LogP contribution >= 0.6 is 0 Å². The molecule has 0 aromatic heterocycles. The maximum atomic E-state index is 12.2. The van der Waals surface area contributed by atoms with E-state index in [1.54, 1.807) is 0 Å². The van der Waals surface area contributed by atoms with Crippen LogP contribution in [0.2, 0.25) is 0 Å². The Kier molecular flexibility index (Phi) is 4.10. The summed E-state index contributed by atoms with van der Waals surface area (Å²) in [4.78, 5) is 2.30. The average molecular weight is 299 g/mol. The summed E-state index contributed by atoms with van der Waals surface area (Å²) in [6, 6.07) is 0.295. The van der Waals surface area contributed by atoms with Crippen LogP contribution < -0.4 is 0 Å². The molecule has 8 heteroatoms. The summed E-state index contributed by atoms with van der Waals surface area (Å²) in [5.74, 6) is -0.0900. The van der Waals surface area contributed by atoms with Gasteiger partial charge in [-0.2, -0.15) is 21.6 Å². The molecule has 0 saturated carbocycles. The third-order valence-electron chi connectivity index (χ3n) is 3.50. The van der Waals surface area contributed by atoms with Crippen molar-refractivity contribution >= 4 is 10.1 Å². The topological polar surface area (TPSA) is 46.6 Å². The molecule has 2 rings (SSSR count). The fourth-order valence-corrected chi connectivity index (χ4v) is 3.03. The van der Waals surface area contributed by atoms with Gasteiger partial charge >= 0.3 is 15.6 Å². The Labute approximate surface area is 110 Å². The van der Waals surface area contributed by atoms with Crippen molar-refractivity contribution in [3.63, 3.8) is 0 Å². The van der Waals surface area contributed by atoms with Gasteiger partial charge < -0.3 is 9.08 Å². The predicted molar refractivity (Wildman–Crippen MR) is 62.6 cm³/mol. The van der Waals surface area contributed by atoms with E-state index < -0.39 is 15.6 Å². The van der Waals surface area contributed by atoms with Gasteiger partial charge in [-0.05, 0) is 44.8 Å². The van der Waals surface area contributed by atoms with Crippen LogP contribution in [0.25, 0.3) is 0 Å². The lowest BCUT2D eigenvalue weighted by atomic mass is 9.99. The smallest absolute Gasteiger partial charge is 0.381 e. The second-order valence-electron chi connectivity index (χ2n) is 4.82. The van der Waals surface area contributed by atoms with Crippen LogP contribution in [0.15, 0.2) is 11.8 Å². The van der Waals surface area contributed by atoms with Crippen molar-refractivity contribution in [2.24, 2.45) is 0 Å². The Hall–Kier alpha value is -0.760. The van der Waals surface area contributed by atoms with Gasteiger partial charge in [-0.15, -0.1) is 0 Å². The molecule has 1 saturated heterocycles. The van der Waals surface area contributed by atoms with E-state index in [9.17, 15) is 21.6 Å². The predicted octanol–water partition coefficient (Wildman–Crippen LogP) is 2.38. The van der Waals surface area contributed by atoms with Gasteiger partial charge in [-0.1, -0.05) is 0 Å². The quantitative estimate of drug-likeness (QED) is 0.593. The minimum atomic E-state index is -5.52. The van der Waals surface area contributed by atoms with Crippen molar-refractivity contribution in [3.8, 4) is 0 Å². The number of hydrogen-bond acceptors (Lipinski definition) is 4. The van der Waals surface area contributed by atoms with Crippen LogP contribution in [0.1, 0.15) is 32.1 Å². The van der Waals surface area contributed by atoms with Crippen LogP contribution in [0.5, 0.6) is 0 Å². The van der Waals surface area contributed by atoms with Crippen molar-refractivity contribution in [3.05, 3.63) is 11.8 Å². The highest BCUT2D eigenvalue weighted by Gasteiger charge is 2.49. The number of halogens is 3. The lowest BCUT2D eigenvalue weighted by molar-refractivity contribution is -0.0524. The molecule has 1 unspecified atom stereocenters. The summed E-state index contributed by atoms with van der Waals surface area (Å²) in [6.45, 7) is 2.02. The average Bonchev–Trinajstić information content (AvgIpc) is 2.81. The normalized spacial score (nSPS) is 26.3. The van der Waals surface area contributed by atoms with Gasteiger partial charge in [0.15, 0.2) is 0 Å². The second-order valence-corrected chi connectivity index (χ2v) is 6.36. The largest absolute Gasteiger partial charge is 0.534 e. The molecule has 0 radical (unpaired) electrons. The first-order chi connectivity index (χ1) is 8.79. The van der Waals surface area contributed by atoms with E-state index in [4.69, 9.17) is 0 Å². The van der Waals surface area contributed by atoms with Gasteiger partial charge in [0.25, 0.3) is 0 Å². The summed E-state index contributed by atoms with van der Waals surface area (Å²) < 4.78 is 62.4. The molecule has 1 aliphatic heterocycles. The van der Waals surface area contributed by atoms with Crippen LogP contribution in [0, 0.1) is 0 Å². The minimum Gasteiger partial charge on any atom is -0.381 e. The molecule has 0 spiro atoms.